The van der Waals surface area contributed by atoms with Crippen LogP contribution >= 0.6 is 0 Å². The van der Waals surface area contributed by atoms with Crippen molar-refractivity contribution in [3.05, 3.63) is 65.2 Å². The number of carbonyl (C=O) groups is 2. The zero-order valence-electron chi connectivity index (χ0n) is 12.3. The molecule has 0 saturated heterocycles. The molecule has 4 nitrogen and oxygen atoms in total. The Balaban J connectivity index is 1.93. The van der Waals surface area contributed by atoms with Gasteiger partial charge in [0.25, 0.3) is 0 Å². The molecular weight excluding hydrogens is 278 g/mol. The number of anilines is 1. The summed E-state index contributed by atoms with van der Waals surface area (Å²) in [6, 6.07) is 14.6. The highest BCUT2D eigenvalue weighted by Gasteiger charge is 2.31. The molecule has 1 aliphatic rings. The fourth-order valence-corrected chi connectivity index (χ4v) is 2.99. The van der Waals surface area contributed by atoms with Crippen molar-refractivity contribution in [2.24, 2.45) is 5.92 Å². The first-order chi connectivity index (χ1) is 10.6. The highest BCUT2D eigenvalue weighted by atomic mass is 16.4. The van der Waals surface area contributed by atoms with E-state index in [-0.39, 0.29) is 17.3 Å². The Morgan fingerprint density at radius 1 is 1.23 bits per heavy atom. The van der Waals surface area contributed by atoms with Crippen molar-refractivity contribution in [1.29, 1.82) is 0 Å². The molecule has 1 atom stereocenters. The second-order valence-electron chi connectivity index (χ2n) is 5.67. The number of carboxylic acids is 1. The van der Waals surface area contributed by atoms with Crippen molar-refractivity contribution in [3.63, 3.8) is 0 Å². The van der Waals surface area contributed by atoms with E-state index in [0.29, 0.717) is 18.5 Å². The average molecular weight is 295 g/mol. The van der Waals surface area contributed by atoms with Crippen LogP contribution in [0.15, 0.2) is 48.5 Å². The molecule has 0 spiro atoms. The first-order valence-electron chi connectivity index (χ1n) is 7.23. The molecule has 2 aromatic rings. The standard InChI is InChI=1S/C18H17NO3/c1-19-11-14(9-12-5-3-2-4-6-12)17(20)15-10-13(18(21)22)7-8-16(15)19/h2-8,10,14H,9,11H2,1H3,(H,21,22). The normalized spacial score (nSPS) is 17.2. The summed E-state index contributed by atoms with van der Waals surface area (Å²) in [6.07, 6.45) is 0.667. The van der Waals surface area contributed by atoms with Crippen LogP contribution in [0.25, 0.3) is 0 Å². The third-order valence-electron chi connectivity index (χ3n) is 4.11. The summed E-state index contributed by atoms with van der Waals surface area (Å²) in [5, 5.41) is 9.11. The number of benzene rings is 2. The maximum atomic E-state index is 12.7. The summed E-state index contributed by atoms with van der Waals surface area (Å²) in [7, 11) is 1.93. The number of hydrogen-bond donors (Lipinski definition) is 1. The van der Waals surface area contributed by atoms with Gasteiger partial charge in [-0.3, -0.25) is 4.79 Å². The smallest absolute Gasteiger partial charge is 0.335 e. The van der Waals surface area contributed by atoms with E-state index in [1.54, 1.807) is 12.1 Å². The van der Waals surface area contributed by atoms with Crippen LogP contribution in [0.3, 0.4) is 0 Å². The van der Waals surface area contributed by atoms with Crippen molar-refractivity contribution in [3.8, 4) is 0 Å². The highest BCUT2D eigenvalue weighted by Crippen LogP contribution is 2.31. The second kappa shape index (κ2) is 5.64. The predicted molar refractivity (Wildman–Crippen MR) is 84.6 cm³/mol. The summed E-state index contributed by atoms with van der Waals surface area (Å²) >= 11 is 0. The second-order valence-corrected chi connectivity index (χ2v) is 5.67. The molecule has 3 rings (SSSR count). The first kappa shape index (κ1) is 14.3. The van der Waals surface area contributed by atoms with Crippen molar-refractivity contribution < 1.29 is 14.7 Å². The average Bonchev–Trinajstić information content (AvgIpc) is 2.53. The van der Waals surface area contributed by atoms with Gasteiger partial charge in [0.15, 0.2) is 5.78 Å². The lowest BCUT2D eigenvalue weighted by Crippen LogP contribution is -2.38. The zero-order chi connectivity index (χ0) is 15.7. The maximum absolute atomic E-state index is 12.7. The van der Waals surface area contributed by atoms with Gasteiger partial charge in [0, 0.05) is 30.8 Å². The number of ketones is 1. The molecule has 0 aliphatic carbocycles. The Kier molecular flexibility index (Phi) is 3.67. The molecule has 1 heterocycles. The molecule has 1 N–H and O–H groups in total. The van der Waals surface area contributed by atoms with Crippen LogP contribution in [-0.2, 0) is 6.42 Å². The number of carbonyl (C=O) groups excluding carboxylic acids is 1. The third-order valence-corrected chi connectivity index (χ3v) is 4.11. The van der Waals surface area contributed by atoms with Gasteiger partial charge in [-0.2, -0.15) is 0 Å². The molecule has 112 valence electrons. The Bertz CT molecular complexity index is 724. The van der Waals surface area contributed by atoms with Crippen molar-refractivity contribution >= 4 is 17.4 Å². The van der Waals surface area contributed by atoms with Crippen molar-refractivity contribution in [1.82, 2.24) is 0 Å². The van der Waals surface area contributed by atoms with Gasteiger partial charge in [-0.1, -0.05) is 30.3 Å². The lowest BCUT2D eigenvalue weighted by molar-refractivity contribution is 0.0697. The van der Waals surface area contributed by atoms with Crippen molar-refractivity contribution in [2.75, 3.05) is 18.5 Å². The van der Waals surface area contributed by atoms with Gasteiger partial charge in [-0.15, -0.1) is 0 Å². The lowest BCUT2D eigenvalue weighted by atomic mass is 9.86. The number of hydrogen-bond acceptors (Lipinski definition) is 3. The molecule has 2 aromatic carbocycles. The van der Waals surface area contributed by atoms with E-state index in [1.165, 1.54) is 6.07 Å². The molecule has 0 amide bonds. The zero-order valence-corrected chi connectivity index (χ0v) is 12.3. The fraction of sp³-hybridized carbons (Fsp3) is 0.222. The Morgan fingerprint density at radius 3 is 2.64 bits per heavy atom. The van der Waals surface area contributed by atoms with E-state index in [9.17, 15) is 9.59 Å². The fourth-order valence-electron chi connectivity index (χ4n) is 2.99. The van der Waals surface area contributed by atoms with E-state index in [2.05, 4.69) is 0 Å². The Morgan fingerprint density at radius 2 is 1.95 bits per heavy atom. The number of fused-ring (bicyclic) bond motifs is 1. The molecule has 4 heteroatoms. The topological polar surface area (TPSA) is 57.6 Å². The van der Waals surface area contributed by atoms with Crippen LogP contribution in [0.4, 0.5) is 5.69 Å². The summed E-state index contributed by atoms with van der Waals surface area (Å²) < 4.78 is 0. The lowest BCUT2D eigenvalue weighted by Gasteiger charge is -2.32. The Hall–Kier alpha value is -2.62. The highest BCUT2D eigenvalue weighted by molar-refractivity contribution is 6.06. The van der Waals surface area contributed by atoms with Gasteiger partial charge in [0.05, 0.1) is 5.56 Å². The van der Waals surface area contributed by atoms with Crippen LogP contribution in [-0.4, -0.2) is 30.5 Å². The number of aromatic carboxylic acids is 1. The SMILES string of the molecule is CN1CC(Cc2ccccc2)C(=O)c2cc(C(=O)O)ccc21. The molecule has 0 radical (unpaired) electrons. The number of Topliss-reactive ketones (excluding diaryl/α,β-unsaturated/α-hetero) is 1. The van der Waals surface area contributed by atoms with Crippen LogP contribution in [0.5, 0.6) is 0 Å². The molecule has 1 aliphatic heterocycles. The summed E-state index contributed by atoms with van der Waals surface area (Å²) in [4.78, 5) is 25.9. The Labute approximate surface area is 129 Å². The molecule has 0 aromatic heterocycles. The van der Waals surface area contributed by atoms with Crippen LogP contribution in [0.2, 0.25) is 0 Å². The van der Waals surface area contributed by atoms with Gasteiger partial charge in [0.2, 0.25) is 0 Å². The molecular formula is C18H17NO3. The van der Waals surface area contributed by atoms with Gasteiger partial charge < -0.3 is 10.0 Å². The number of nitrogens with zero attached hydrogens (tertiary/aromatic N) is 1. The molecule has 1 unspecified atom stereocenters. The van der Waals surface area contributed by atoms with Crippen molar-refractivity contribution in [2.45, 2.75) is 6.42 Å². The molecule has 0 fully saturated rings. The first-order valence-corrected chi connectivity index (χ1v) is 7.23. The number of rotatable bonds is 3. The van der Waals surface area contributed by atoms with E-state index < -0.39 is 5.97 Å². The van der Waals surface area contributed by atoms with Gasteiger partial charge in [-0.05, 0) is 30.2 Å². The molecule has 0 saturated carbocycles. The van der Waals surface area contributed by atoms with Crippen LogP contribution in [0.1, 0.15) is 26.3 Å². The van der Waals surface area contributed by atoms with Gasteiger partial charge in [0.1, 0.15) is 0 Å². The summed E-state index contributed by atoms with van der Waals surface area (Å²) in [5.74, 6) is -1.13. The predicted octanol–water partition coefficient (Wildman–Crippen LogP) is 2.88. The monoisotopic (exact) mass is 295 g/mol. The summed E-state index contributed by atoms with van der Waals surface area (Å²) in [6.45, 7) is 0.646. The van der Waals surface area contributed by atoms with Gasteiger partial charge >= 0.3 is 5.97 Å². The number of carboxylic acid groups (broad SMARTS) is 1. The van der Waals surface area contributed by atoms with Crippen LogP contribution < -0.4 is 4.90 Å². The van der Waals surface area contributed by atoms with E-state index in [4.69, 9.17) is 5.11 Å². The maximum Gasteiger partial charge on any atom is 0.335 e. The molecule has 0 bridgehead atoms. The minimum Gasteiger partial charge on any atom is -0.478 e. The van der Waals surface area contributed by atoms with E-state index in [1.807, 2.05) is 42.3 Å². The van der Waals surface area contributed by atoms with Crippen LogP contribution in [0, 0.1) is 5.92 Å². The van der Waals surface area contributed by atoms with E-state index in [0.717, 1.165) is 11.3 Å². The van der Waals surface area contributed by atoms with E-state index >= 15 is 0 Å². The minimum atomic E-state index is -1.01. The summed E-state index contributed by atoms with van der Waals surface area (Å²) in [5.41, 5.74) is 2.59. The minimum absolute atomic E-state index is 0.0278. The third kappa shape index (κ3) is 2.60. The quantitative estimate of drug-likeness (QED) is 0.946. The van der Waals surface area contributed by atoms with Gasteiger partial charge in [-0.25, -0.2) is 4.79 Å². The molecule has 22 heavy (non-hydrogen) atoms. The largest absolute Gasteiger partial charge is 0.478 e.